The molecule has 8 heteroatoms. The number of benzene rings is 1. The van der Waals surface area contributed by atoms with E-state index in [2.05, 4.69) is 15.8 Å². The highest BCUT2D eigenvalue weighted by molar-refractivity contribution is 6.36. The van der Waals surface area contributed by atoms with Crippen LogP contribution in [-0.2, 0) is 14.4 Å². The molecule has 0 bridgehead atoms. The third-order valence-electron chi connectivity index (χ3n) is 3.88. The average molecular weight is 398 g/mol. The number of amides is 2. The van der Waals surface area contributed by atoms with Crippen molar-refractivity contribution in [3.05, 3.63) is 28.2 Å². The summed E-state index contributed by atoms with van der Waals surface area (Å²) in [5.74, 6) is -0.606. The maximum atomic E-state index is 11.9. The molecule has 6 nitrogen and oxygen atoms in total. The minimum absolute atomic E-state index is 0.0138. The monoisotopic (exact) mass is 397 g/mol. The summed E-state index contributed by atoms with van der Waals surface area (Å²) in [7, 11) is 0. The van der Waals surface area contributed by atoms with Gasteiger partial charge in [-0.3, -0.25) is 14.4 Å². The van der Waals surface area contributed by atoms with E-state index in [0.29, 0.717) is 34.3 Å². The van der Waals surface area contributed by atoms with Crippen molar-refractivity contribution < 1.29 is 14.4 Å². The molecular weight excluding hydrogens is 377 g/mol. The van der Waals surface area contributed by atoms with Crippen molar-refractivity contribution >= 4 is 52.2 Å². The second-order valence-electron chi connectivity index (χ2n) is 7.12. The molecule has 1 aliphatic carbocycles. The Balaban J connectivity index is 1.80. The molecule has 0 unspecified atom stereocenters. The Morgan fingerprint density at radius 3 is 2.50 bits per heavy atom. The molecule has 0 aromatic heterocycles. The molecule has 1 aromatic carbocycles. The maximum absolute atomic E-state index is 11.9. The van der Waals surface area contributed by atoms with Crippen molar-refractivity contribution in [1.29, 1.82) is 0 Å². The number of nitrogens with one attached hydrogen (secondary N) is 2. The van der Waals surface area contributed by atoms with E-state index in [-0.39, 0.29) is 42.3 Å². The van der Waals surface area contributed by atoms with Crippen LogP contribution < -0.4 is 10.7 Å². The Morgan fingerprint density at radius 1 is 1.15 bits per heavy atom. The van der Waals surface area contributed by atoms with Gasteiger partial charge in [0, 0.05) is 36.4 Å². The highest BCUT2D eigenvalue weighted by atomic mass is 35.5. The van der Waals surface area contributed by atoms with Crippen LogP contribution in [0.25, 0.3) is 0 Å². The van der Waals surface area contributed by atoms with Gasteiger partial charge >= 0.3 is 0 Å². The summed E-state index contributed by atoms with van der Waals surface area (Å²) >= 11 is 11.8. The van der Waals surface area contributed by atoms with Gasteiger partial charge < -0.3 is 5.32 Å². The number of carbonyl (C=O) groups excluding carboxylic acids is 3. The quantitative estimate of drug-likeness (QED) is 0.736. The normalized spacial score (nSPS) is 17.8. The van der Waals surface area contributed by atoms with Crippen LogP contribution in [0, 0.1) is 5.41 Å². The largest absolute Gasteiger partial charge is 0.325 e. The van der Waals surface area contributed by atoms with Crippen molar-refractivity contribution in [2.45, 2.75) is 46.0 Å². The molecule has 0 heterocycles. The molecule has 0 saturated heterocycles. The molecule has 1 saturated carbocycles. The first-order chi connectivity index (χ1) is 12.1. The van der Waals surface area contributed by atoms with Crippen LogP contribution in [0.4, 0.5) is 5.69 Å². The lowest BCUT2D eigenvalue weighted by atomic mass is 9.76. The van der Waals surface area contributed by atoms with E-state index < -0.39 is 0 Å². The van der Waals surface area contributed by atoms with E-state index in [4.69, 9.17) is 23.2 Å². The van der Waals surface area contributed by atoms with Crippen LogP contribution in [0.2, 0.25) is 10.0 Å². The molecule has 1 fully saturated rings. The Labute approximate surface area is 162 Å². The summed E-state index contributed by atoms with van der Waals surface area (Å²) in [6.45, 7) is 3.99. The SMILES string of the molecule is CC1(C)CC(=O)C/C(=N/NC(=O)CCC(=O)Nc2ccc(Cl)cc2Cl)C1. The predicted octanol–water partition coefficient (Wildman–Crippen LogP) is 3.96. The van der Waals surface area contributed by atoms with Gasteiger partial charge in [0.25, 0.3) is 0 Å². The first-order valence-corrected chi connectivity index (χ1v) is 9.01. The first-order valence-electron chi connectivity index (χ1n) is 8.25. The average Bonchev–Trinajstić information content (AvgIpc) is 2.52. The molecule has 0 atom stereocenters. The lowest BCUT2D eigenvalue weighted by Crippen LogP contribution is -2.31. The van der Waals surface area contributed by atoms with Crippen LogP contribution in [0.3, 0.4) is 0 Å². The summed E-state index contributed by atoms with van der Waals surface area (Å²) in [6, 6.07) is 4.73. The minimum atomic E-state index is -0.384. The Hall–Kier alpha value is -1.92. The van der Waals surface area contributed by atoms with Crippen molar-refractivity contribution in [2.75, 3.05) is 5.32 Å². The number of hydrazone groups is 1. The molecule has 140 valence electrons. The van der Waals surface area contributed by atoms with Crippen LogP contribution in [0.15, 0.2) is 23.3 Å². The molecule has 1 aromatic rings. The molecule has 2 amide bonds. The number of hydrogen-bond donors (Lipinski definition) is 2. The molecule has 0 spiro atoms. The second kappa shape index (κ2) is 8.64. The Kier molecular flexibility index (Phi) is 6.78. The topological polar surface area (TPSA) is 87.6 Å². The number of halogens is 2. The van der Waals surface area contributed by atoms with E-state index >= 15 is 0 Å². The van der Waals surface area contributed by atoms with Crippen LogP contribution in [0.1, 0.15) is 46.0 Å². The molecule has 1 aliphatic rings. The molecular formula is C18H21Cl2N3O3. The highest BCUT2D eigenvalue weighted by Crippen LogP contribution is 2.31. The number of anilines is 1. The Morgan fingerprint density at radius 2 is 1.85 bits per heavy atom. The fraction of sp³-hybridized carbons (Fsp3) is 0.444. The number of ketones is 1. The molecule has 2 N–H and O–H groups in total. The maximum Gasteiger partial charge on any atom is 0.240 e. The molecule has 0 aliphatic heterocycles. The number of Topliss-reactive ketones (excluding diaryl/α,β-unsaturated/α-hetero) is 1. The third kappa shape index (κ3) is 6.42. The van der Waals surface area contributed by atoms with Gasteiger partial charge in [-0.1, -0.05) is 37.0 Å². The zero-order valence-corrected chi connectivity index (χ0v) is 16.2. The van der Waals surface area contributed by atoms with Gasteiger partial charge in [-0.25, -0.2) is 5.43 Å². The molecule has 26 heavy (non-hydrogen) atoms. The number of rotatable bonds is 5. The van der Waals surface area contributed by atoms with Crippen molar-refractivity contribution in [3.63, 3.8) is 0 Å². The van der Waals surface area contributed by atoms with Crippen molar-refractivity contribution in [1.82, 2.24) is 5.43 Å². The molecule has 0 radical (unpaired) electrons. The second-order valence-corrected chi connectivity index (χ2v) is 7.96. The van der Waals surface area contributed by atoms with Crippen molar-refractivity contribution in [2.24, 2.45) is 10.5 Å². The smallest absolute Gasteiger partial charge is 0.240 e. The van der Waals surface area contributed by atoms with Crippen LogP contribution in [-0.4, -0.2) is 23.3 Å². The lowest BCUT2D eigenvalue weighted by molar-refractivity contribution is -0.124. The zero-order valence-electron chi connectivity index (χ0n) is 14.7. The first kappa shape index (κ1) is 20.4. The number of hydrogen-bond acceptors (Lipinski definition) is 4. The van der Waals surface area contributed by atoms with E-state index in [0.717, 1.165) is 0 Å². The van der Waals surface area contributed by atoms with E-state index in [9.17, 15) is 14.4 Å². The van der Waals surface area contributed by atoms with E-state index in [1.165, 1.54) is 6.07 Å². The summed E-state index contributed by atoms with van der Waals surface area (Å²) in [4.78, 5) is 35.5. The van der Waals surface area contributed by atoms with Gasteiger partial charge in [0.1, 0.15) is 5.78 Å². The number of carbonyl (C=O) groups is 3. The zero-order chi connectivity index (χ0) is 19.3. The minimum Gasteiger partial charge on any atom is -0.325 e. The van der Waals surface area contributed by atoms with Gasteiger partial charge in [-0.2, -0.15) is 5.10 Å². The van der Waals surface area contributed by atoms with Gasteiger partial charge in [-0.05, 0) is 30.0 Å². The standard InChI is InChI=1S/C18H21Cl2N3O3/c1-18(2)9-12(8-13(24)10-18)22-23-17(26)6-5-16(25)21-15-4-3-11(19)7-14(15)20/h3-4,7H,5-6,8-10H2,1-2H3,(H,21,25)(H,23,26)/b22-12-. The summed E-state index contributed by atoms with van der Waals surface area (Å²) in [5.41, 5.74) is 3.38. The highest BCUT2D eigenvalue weighted by Gasteiger charge is 2.30. The third-order valence-corrected chi connectivity index (χ3v) is 4.43. The number of nitrogens with zero attached hydrogens (tertiary/aromatic N) is 1. The summed E-state index contributed by atoms with van der Waals surface area (Å²) < 4.78 is 0. The predicted molar refractivity (Wildman–Crippen MR) is 103 cm³/mol. The molecule has 2 rings (SSSR count). The van der Waals surface area contributed by atoms with Crippen LogP contribution >= 0.6 is 23.2 Å². The van der Waals surface area contributed by atoms with Gasteiger partial charge in [0.2, 0.25) is 11.8 Å². The van der Waals surface area contributed by atoms with E-state index in [1.807, 2.05) is 13.8 Å². The summed E-state index contributed by atoms with van der Waals surface area (Å²) in [6.07, 6.45) is 1.41. The fourth-order valence-electron chi connectivity index (χ4n) is 2.81. The summed E-state index contributed by atoms with van der Waals surface area (Å²) in [5, 5.41) is 7.46. The Bertz CT molecular complexity index is 760. The van der Waals surface area contributed by atoms with Crippen molar-refractivity contribution in [3.8, 4) is 0 Å². The van der Waals surface area contributed by atoms with E-state index in [1.54, 1.807) is 12.1 Å². The fourth-order valence-corrected chi connectivity index (χ4v) is 3.26. The van der Waals surface area contributed by atoms with Gasteiger partial charge in [-0.15, -0.1) is 0 Å². The van der Waals surface area contributed by atoms with Gasteiger partial charge in [0.05, 0.1) is 10.7 Å². The lowest BCUT2D eigenvalue weighted by Gasteiger charge is -2.28. The van der Waals surface area contributed by atoms with Gasteiger partial charge in [0.15, 0.2) is 0 Å². The van der Waals surface area contributed by atoms with Crippen LogP contribution in [0.5, 0.6) is 0 Å².